The zero-order valence-corrected chi connectivity index (χ0v) is 20.8. The lowest BCUT2D eigenvalue weighted by atomic mass is 10.1. The summed E-state index contributed by atoms with van der Waals surface area (Å²) in [5.74, 6) is 0. The summed E-state index contributed by atoms with van der Waals surface area (Å²) < 4.78 is 8.72. The first-order valence-corrected chi connectivity index (χ1v) is 13.1. The number of furan rings is 1. The van der Waals surface area contributed by atoms with Gasteiger partial charge < -0.3 is 8.98 Å². The Morgan fingerprint density at radius 3 is 1.97 bits per heavy atom. The van der Waals surface area contributed by atoms with E-state index in [2.05, 4.69) is 114 Å². The summed E-state index contributed by atoms with van der Waals surface area (Å²) in [6.45, 7) is 0. The molecular weight excluding hydrogens is 464 g/mol. The van der Waals surface area contributed by atoms with Crippen LogP contribution in [0.4, 0.5) is 0 Å². The number of nitrogens with zero attached hydrogens (tertiary/aromatic N) is 2. The lowest BCUT2D eigenvalue weighted by Crippen LogP contribution is -2.21. The molecule has 0 amide bonds. The maximum atomic E-state index is 6.36. The van der Waals surface area contributed by atoms with Gasteiger partial charge in [0.15, 0.2) is 0 Å². The average Bonchev–Trinajstić information content (AvgIpc) is 3.51. The van der Waals surface area contributed by atoms with Crippen LogP contribution in [0.5, 0.6) is 0 Å². The third-order valence-electron chi connectivity index (χ3n) is 7.60. The summed E-state index contributed by atoms with van der Waals surface area (Å²) in [7, 11) is 0. The predicted octanol–water partition coefficient (Wildman–Crippen LogP) is 7.61. The van der Waals surface area contributed by atoms with Crippen molar-refractivity contribution in [2.45, 2.75) is 12.8 Å². The first-order chi connectivity index (χ1) is 18.8. The Morgan fingerprint density at radius 1 is 0.579 bits per heavy atom. The number of para-hydroxylation sites is 1. The van der Waals surface area contributed by atoms with E-state index in [4.69, 9.17) is 9.40 Å². The fourth-order valence-electron chi connectivity index (χ4n) is 5.84. The molecule has 0 fully saturated rings. The number of fused-ring (bicyclic) bond motifs is 6. The molecule has 0 radical (unpaired) electrons. The third kappa shape index (κ3) is 3.25. The van der Waals surface area contributed by atoms with Crippen LogP contribution in [0, 0.1) is 0 Å². The quantitative estimate of drug-likeness (QED) is 0.256. The van der Waals surface area contributed by atoms with Crippen LogP contribution in [0.2, 0.25) is 0 Å². The number of hydrogen-bond acceptors (Lipinski definition) is 2. The van der Waals surface area contributed by atoms with Crippen LogP contribution in [0.15, 0.2) is 114 Å². The van der Waals surface area contributed by atoms with Crippen molar-refractivity contribution >= 4 is 44.9 Å². The minimum absolute atomic E-state index is 0.932. The summed E-state index contributed by atoms with van der Waals surface area (Å²) in [6, 6.07) is 38.4. The van der Waals surface area contributed by atoms with Gasteiger partial charge in [0.1, 0.15) is 11.0 Å². The van der Waals surface area contributed by atoms with Crippen LogP contribution in [0.1, 0.15) is 12.8 Å². The molecule has 3 heteroatoms. The zero-order chi connectivity index (χ0) is 25.1. The molecule has 0 saturated carbocycles. The molecule has 1 aliphatic carbocycles. The molecule has 4 aromatic carbocycles. The molecule has 0 unspecified atom stereocenters. The molecule has 180 valence electrons. The molecule has 0 bridgehead atoms. The maximum absolute atomic E-state index is 6.36. The molecule has 3 aromatic heterocycles. The fraction of sp³-hybridized carbons (Fsp3) is 0.0571. The second-order valence-electron chi connectivity index (χ2n) is 9.91. The molecule has 0 N–H and O–H groups in total. The van der Waals surface area contributed by atoms with Crippen molar-refractivity contribution in [1.29, 1.82) is 0 Å². The monoisotopic (exact) mass is 488 g/mol. The normalized spacial score (nSPS) is 12.9. The van der Waals surface area contributed by atoms with Gasteiger partial charge in [-0.3, -0.25) is 0 Å². The molecule has 0 atom stereocenters. The summed E-state index contributed by atoms with van der Waals surface area (Å²) >= 11 is 0. The smallest absolute Gasteiger partial charge is 0.137 e. The van der Waals surface area contributed by atoms with E-state index in [0.29, 0.717) is 0 Å². The van der Waals surface area contributed by atoms with Crippen LogP contribution in [-0.4, -0.2) is 9.55 Å². The summed E-state index contributed by atoms with van der Waals surface area (Å²) in [4.78, 5) is 5.10. The molecular formula is C35H24N2O. The highest BCUT2D eigenvalue weighted by atomic mass is 16.3. The molecule has 8 rings (SSSR count). The molecule has 0 saturated heterocycles. The highest BCUT2D eigenvalue weighted by molar-refractivity contribution is 6.13. The van der Waals surface area contributed by atoms with Gasteiger partial charge in [0.05, 0.1) is 28.1 Å². The van der Waals surface area contributed by atoms with Crippen molar-refractivity contribution in [2.24, 2.45) is 0 Å². The van der Waals surface area contributed by atoms with E-state index in [9.17, 15) is 0 Å². The topological polar surface area (TPSA) is 31.0 Å². The molecule has 38 heavy (non-hydrogen) atoms. The average molecular weight is 489 g/mol. The van der Waals surface area contributed by atoms with Gasteiger partial charge in [-0.25, -0.2) is 4.98 Å². The van der Waals surface area contributed by atoms with Gasteiger partial charge in [-0.1, -0.05) is 84.9 Å². The van der Waals surface area contributed by atoms with Gasteiger partial charge in [0, 0.05) is 38.6 Å². The minimum Gasteiger partial charge on any atom is -0.456 e. The summed E-state index contributed by atoms with van der Waals surface area (Å²) in [5.41, 5.74) is 9.41. The summed E-state index contributed by atoms with van der Waals surface area (Å²) in [6.07, 6.45) is 6.62. The standard InChI is InChI=1S/C35H24N2O/c1-3-11-23(12-4-1)30-19-25(20-31(36-30)24-13-5-2-6-14-24)37-32-17-9-7-15-26(32)28-21-29-27-16-8-10-18-34(27)38-35(29)22-33(28)37/h1-7,9,11-22H,8,10H2. The highest BCUT2D eigenvalue weighted by Crippen LogP contribution is 2.36. The lowest BCUT2D eigenvalue weighted by Gasteiger charge is -2.13. The lowest BCUT2D eigenvalue weighted by molar-refractivity contribution is 0.572. The Balaban J connectivity index is 1.48. The van der Waals surface area contributed by atoms with E-state index >= 15 is 0 Å². The SMILES string of the molecule is C1=c2oc3cc4c(cc3c2=CCC1)c1ccccc1n4-c1cc(-c2ccccc2)nc(-c2ccccc2)c1. The maximum Gasteiger partial charge on any atom is 0.137 e. The van der Waals surface area contributed by atoms with Crippen molar-refractivity contribution in [3.8, 4) is 28.2 Å². The second-order valence-corrected chi connectivity index (χ2v) is 9.91. The molecule has 1 aliphatic rings. The first-order valence-electron chi connectivity index (χ1n) is 13.1. The van der Waals surface area contributed by atoms with Gasteiger partial charge >= 0.3 is 0 Å². The minimum atomic E-state index is 0.932. The van der Waals surface area contributed by atoms with E-state index in [1.807, 2.05) is 12.1 Å². The highest BCUT2D eigenvalue weighted by Gasteiger charge is 2.17. The number of pyridine rings is 1. The van der Waals surface area contributed by atoms with Gasteiger partial charge in [0.2, 0.25) is 0 Å². The van der Waals surface area contributed by atoms with Gasteiger partial charge in [-0.15, -0.1) is 0 Å². The Kier molecular flexibility index (Phi) is 4.65. The first kappa shape index (κ1) is 21.2. The number of rotatable bonds is 3. The summed E-state index contributed by atoms with van der Waals surface area (Å²) in [5, 5.41) is 4.89. The van der Waals surface area contributed by atoms with Crippen molar-refractivity contribution < 1.29 is 4.42 Å². The van der Waals surface area contributed by atoms with Crippen molar-refractivity contribution in [2.75, 3.05) is 0 Å². The Labute approximate surface area is 219 Å². The van der Waals surface area contributed by atoms with Crippen LogP contribution in [0.3, 0.4) is 0 Å². The Hall–Kier alpha value is -4.89. The van der Waals surface area contributed by atoms with Gasteiger partial charge in [-0.05, 0) is 43.2 Å². The molecule has 0 spiro atoms. The van der Waals surface area contributed by atoms with E-state index in [0.717, 1.165) is 57.6 Å². The van der Waals surface area contributed by atoms with Gasteiger partial charge in [-0.2, -0.15) is 0 Å². The molecule has 0 aliphatic heterocycles. The predicted molar refractivity (Wildman–Crippen MR) is 157 cm³/mol. The molecule has 3 heterocycles. The fourth-order valence-corrected chi connectivity index (χ4v) is 5.84. The number of benzene rings is 4. The van der Waals surface area contributed by atoms with Crippen molar-refractivity contribution in [3.63, 3.8) is 0 Å². The number of hydrogen-bond donors (Lipinski definition) is 0. The van der Waals surface area contributed by atoms with Gasteiger partial charge in [0.25, 0.3) is 0 Å². The Morgan fingerprint density at radius 2 is 1.24 bits per heavy atom. The second kappa shape index (κ2) is 8.32. The van der Waals surface area contributed by atoms with Crippen LogP contribution in [0.25, 0.3) is 73.1 Å². The number of aromatic nitrogens is 2. The Bertz CT molecular complexity index is 2060. The van der Waals surface area contributed by atoms with Crippen molar-refractivity contribution in [3.05, 3.63) is 120 Å². The molecule has 7 aromatic rings. The van der Waals surface area contributed by atoms with E-state index in [-0.39, 0.29) is 0 Å². The zero-order valence-electron chi connectivity index (χ0n) is 20.8. The van der Waals surface area contributed by atoms with E-state index in [1.165, 1.54) is 26.9 Å². The van der Waals surface area contributed by atoms with Crippen LogP contribution in [-0.2, 0) is 0 Å². The largest absolute Gasteiger partial charge is 0.456 e. The van der Waals surface area contributed by atoms with Crippen LogP contribution >= 0.6 is 0 Å². The molecule has 3 nitrogen and oxygen atoms in total. The van der Waals surface area contributed by atoms with Crippen LogP contribution < -0.4 is 10.6 Å². The third-order valence-corrected chi connectivity index (χ3v) is 7.60. The van der Waals surface area contributed by atoms with E-state index < -0.39 is 0 Å². The van der Waals surface area contributed by atoms with E-state index in [1.54, 1.807) is 0 Å². The van der Waals surface area contributed by atoms with Crippen molar-refractivity contribution in [1.82, 2.24) is 9.55 Å².